The zero-order chi connectivity index (χ0) is 14.5. The Balaban J connectivity index is 2.69. The number of alkyl halides is 3. The topological polar surface area (TPSA) is 90.9 Å². The van der Waals surface area contributed by atoms with Gasteiger partial charge in [0.15, 0.2) is 5.84 Å². The Morgan fingerprint density at radius 3 is 2.32 bits per heavy atom. The first kappa shape index (κ1) is 16.0. The van der Waals surface area contributed by atoms with Gasteiger partial charge in [0.25, 0.3) is 0 Å². The van der Waals surface area contributed by atoms with Crippen LogP contribution in [0, 0.1) is 5.92 Å². The van der Waals surface area contributed by atoms with Gasteiger partial charge in [-0.2, -0.15) is 13.2 Å². The molecule has 0 spiro atoms. The van der Waals surface area contributed by atoms with Gasteiger partial charge in [0.1, 0.15) is 5.92 Å². The number of rotatable bonds is 5. The van der Waals surface area contributed by atoms with Crippen molar-refractivity contribution >= 4 is 5.84 Å². The van der Waals surface area contributed by atoms with E-state index in [1.807, 2.05) is 0 Å². The molecule has 0 amide bonds. The molecule has 5 nitrogen and oxygen atoms in total. The summed E-state index contributed by atoms with van der Waals surface area (Å²) in [5.41, 5.74) is 4.40. The van der Waals surface area contributed by atoms with Crippen molar-refractivity contribution in [2.24, 2.45) is 16.8 Å². The molecular weight excluding hydrogens is 263 g/mol. The summed E-state index contributed by atoms with van der Waals surface area (Å²) < 4.78 is 38.3. The highest BCUT2D eigenvalue weighted by molar-refractivity contribution is 5.83. The average Bonchev–Trinajstić information content (AvgIpc) is 2.38. The minimum absolute atomic E-state index is 0.215. The summed E-state index contributed by atoms with van der Waals surface area (Å²) in [4.78, 5) is 0. The van der Waals surface area contributed by atoms with E-state index in [2.05, 4.69) is 10.5 Å². The van der Waals surface area contributed by atoms with Gasteiger partial charge in [0.05, 0.1) is 6.61 Å². The van der Waals surface area contributed by atoms with Gasteiger partial charge < -0.3 is 21.4 Å². The normalized spacial score (nSPS) is 22.2. The summed E-state index contributed by atoms with van der Waals surface area (Å²) in [7, 11) is 0. The van der Waals surface area contributed by atoms with E-state index >= 15 is 0 Å². The number of aliphatic hydroxyl groups excluding tert-OH is 1. The zero-order valence-corrected chi connectivity index (χ0v) is 10.6. The van der Waals surface area contributed by atoms with Crippen molar-refractivity contribution in [3.8, 4) is 0 Å². The van der Waals surface area contributed by atoms with Crippen molar-refractivity contribution in [3.05, 3.63) is 0 Å². The van der Waals surface area contributed by atoms with Gasteiger partial charge >= 0.3 is 6.18 Å². The zero-order valence-electron chi connectivity index (χ0n) is 10.6. The van der Waals surface area contributed by atoms with Gasteiger partial charge in [-0.25, -0.2) is 0 Å². The van der Waals surface area contributed by atoms with Crippen LogP contribution in [0.2, 0.25) is 0 Å². The Morgan fingerprint density at radius 1 is 1.32 bits per heavy atom. The van der Waals surface area contributed by atoms with E-state index < -0.39 is 30.0 Å². The van der Waals surface area contributed by atoms with Crippen molar-refractivity contribution in [3.63, 3.8) is 0 Å². The van der Waals surface area contributed by atoms with E-state index in [1.54, 1.807) is 0 Å². The maximum Gasteiger partial charge on any atom is 0.400 e. The van der Waals surface area contributed by atoms with Gasteiger partial charge in [0, 0.05) is 12.1 Å². The van der Waals surface area contributed by atoms with Gasteiger partial charge in [-0.05, 0) is 12.8 Å². The van der Waals surface area contributed by atoms with E-state index in [0.29, 0.717) is 12.8 Å². The van der Waals surface area contributed by atoms with Gasteiger partial charge in [-0.3, -0.25) is 0 Å². The third kappa shape index (κ3) is 4.24. The molecule has 0 aromatic heterocycles. The molecule has 19 heavy (non-hydrogen) atoms. The van der Waals surface area contributed by atoms with Crippen molar-refractivity contribution in [1.29, 1.82) is 0 Å². The van der Waals surface area contributed by atoms with E-state index in [-0.39, 0.29) is 6.61 Å². The monoisotopic (exact) mass is 283 g/mol. The van der Waals surface area contributed by atoms with Crippen LogP contribution in [0.4, 0.5) is 13.2 Å². The highest BCUT2D eigenvalue weighted by atomic mass is 19.4. The highest BCUT2D eigenvalue weighted by Gasteiger charge is 2.44. The Bertz CT molecular complexity index is 315. The predicted molar refractivity (Wildman–Crippen MR) is 63.9 cm³/mol. The third-order valence-corrected chi connectivity index (χ3v) is 3.66. The first-order valence-corrected chi connectivity index (χ1v) is 6.25. The second kappa shape index (κ2) is 6.42. The molecule has 1 unspecified atom stereocenters. The molecule has 8 heteroatoms. The van der Waals surface area contributed by atoms with Crippen LogP contribution in [0.15, 0.2) is 5.16 Å². The van der Waals surface area contributed by atoms with Crippen LogP contribution in [0.5, 0.6) is 0 Å². The second-order valence-corrected chi connectivity index (χ2v) is 5.00. The minimum Gasteiger partial charge on any atom is -0.409 e. The molecule has 0 aromatic rings. The molecule has 1 aliphatic rings. The third-order valence-electron chi connectivity index (χ3n) is 3.66. The quantitative estimate of drug-likeness (QED) is 0.264. The number of nitrogens with one attached hydrogen (secondary N) is 1. The van der Waals surface area contributed by atoms with Crippen LogP contribution in [0.3, 0.4) is 0 Å². The first-order chi connectivity index (χ1) is 8.84. The number of hydrogen-bond donors (Lipinski definition) is 4. The molecular formula is C11H20F3N3O2. The number of nitrogens with zero attached hydrogens (tertiary/aromatic N) is 1. The SMILES string of the molecule is NC(=NO)C(CNC1(CO)CCCCC1)C(F)(F)F. The molecule has 1 rings (SSSR count). The summed E-state index contributed by atoms with van der Waals surface area (Å²) in [6.07, 6.45) is -0.572. The summed E-state index contributed by atoms with van der Waals surface area (Å²) in [6.45, 7) is -0.715. The van der Waals surface area contributed by atoms with Crippen LogP contribution in [0.25, 0.3) is 0 Å². The number of aliphatic hydroxyl groups is 1. The van der Waals surface area contributed by atoms with E-state index in [9.17, 15) is 18.3 Å². The molecule has 5 N–H and O–H groups in total. The number of amidine groups is 1. The standard InChI is InChI=1S/C11H20F3N3O2/c12-11(13,14)8(9(15)17-19)6-16-10(7-18)4-2-1-3-5-10/h8,16,18-19H,1-7H2,(H2,15,17). The Hall–Kier alpha value is -1.02. The summed E-state index contributed by atoms with van der Waals surface area (Å²) >= 11 is 0. The Labute approximate surface area is 109 Å². The molecule has 1 fully saturated rings. The van der Waals surface area contributed by atoms with Crippen LogP contribution in [0.1, 0.15) is 32.1 Å². The van der Waals surface area contributed by atoms with Crippen LogP contribution in [-0.4, -0.2) is 41.0 Å². The summed E-state index contributed by atoms with van der Waals surface area (Å²) in [5.74, 6) is -2.92. The lowest BCUT2D eigenvalue weighted by atomic mass is 9.82. The molecule has 0 aliphatic heterocycles. The van der Waals surface area contributed by atoms with Crippen molar-refractivity contribution in [2.45, 2.75) is 43.8 Å². The molecule has 0 aromatic carbocycles. The largest absolute Gasteiger partial charge is 0.409 e. The van der Waals surface area contributed by atoms with Gasteiger partial charge in [0.2, 0.25) is 0 Å². The number of nitrogens with two attached hydrogens (primary N) is 1. The molecule has 1 aliphatic carbocycles. The molecule has 0 bridgehead atoms. The Kier molecular flexibility index (Phi) is 5.42. The molecule has 0 saturated heterocycles. The maximum absolute atomic E-state index is 12.8. The Morgan fingerprint density at radius 2 is 1.89 bits per heavy atom. The molecule has 0 radical (unpaired) electrons. The van der Waals surface area contributed by atoms with Gasteiger partial charge in [-0.1, -0.05) is 24.4 Å². The fourth-order valence-corrected chi connectivity index (χ4v) is 2.40. The molecule has 1 atom stereocenters. The number of hydrogen-bond acceptors (Lipinski definition) is 4. The fraction of sp³-hybridized carbons (Fsp3) is 0.909. The molecule has 112 valence electrons. The lowest BCUT2D eigenvalue weighted by Gasteiger charge is -2.38. The van der Waals surface area contributed by atoms with Crippen LogP contribution < -0.4 is 11.1 Å². The van der Waals surface area contributed by atoms with Crippen molar-refractivity contribution < 1.29 is 23.5 Å². The number of halogens is 3. The van der Waals surface area contributed by atoms with Crippen LogP contribution in [-0.2, 0) is 0 Å². The minimum atomic E-state index is -4.59. The smallest absolute Gasteiger partial charge is 0.400 e. The lowest BCUT2D eigenvalue weighted by molar-refractivity contribution is -0.156. The van der Waals surface area contributed by atoms with E-state index in [0.717, 1.165) is 19.3 Å². The summed E-state index contributed by atoms with van der Waals surface area (Å²) in [5, 5.41) is 23.0. The average molecular weight is 283 g/mol. The van der Waals surface area contributed by atoms with E-state index in [4.69, 9.17) is 10.9 Å². The maximum atomic E-state index is 12.8. The molecule has 0 heterocycles. The fourth-order valence-electron chi connectivity index (χ4n) is 2.40. The highest BCUT2D eigenvalue weighted by Crippen LogP contribution is 2.30. The van der Waals surface area contributed by atoms with Crippen molar-refractivity contribution in [2.75, 3.05) is 13.2 Å². The van der Waals surface area contributed by atoms with Gasteiger partial charge in [-0.15, -0.1) is 0 Å². The first-order valence-electron chi connectivity index (χ1n) is 6.25. The lowest BCUT2D eigenvalue weighted by Crippen LogP contribution is -2.54. The number of oxime groups is 1. The van der Waals surface area contributed by atoms with Crippen LogP contribution >= 0.6 is 0 Å². The summed E-state index contributed by atoms with van der Waals surface area (Å²) in [6, 6.07) is 0. The predicted octanol–water partition coefficient (Wildman–Crippen LogP) is 1.20. The second-order valence-electron chi connectivity index (χ2n) is 5.00. The van der Waals surface area contributed by atoms with E-state index in [1.165, 1.54) is 0 Å². The molecule has 1 saturated carbocycles. The van der Waals surface area contributed by atoms with Crippen molar-refractivity contribution in [1.82, 2.24) is 5.32 Å².